The van der Waals surface area contributed by atoms with Crippen molar-refractivity contribution in [2.24, 2.45) is 0 Å². The minimum Gasteiger partial charge on any atom is -0.497 e. The number of hydrogen-bond acceptors (Lipinski definition) is 7. The number of hydrogen-bond donors (Lipinski definition) is 1. The molecular formula is C27H26N2O7. The Morgan fingerprint density at radius 2 is 1.69 bits per heavy atom. The highest BCUT2D eigenvalue weighted by Crippen LogP contribution is 2.34. The summed E-state index contributed by atoms with van der Waals surface area (Å²) >= 11 is 0. The van der Waals surface area contributed by atoms with Gasteiger partial charge in [-0.1, -0.05) is 6.07 Å². The van der Waals surface area contributed by atoms with Crippen LogP contribution in [0, 0.1) is 0 Å². The Morgan fingerprint density at radius 3 is 2.44 bits per heavy atom. The molecule has 0 saturated heterocycles. The van der Waals surface area contributed by atoms with Gasteiger partial charge in [-0.2, -0.15) is 0 Å². The fraction of sp³-hybridized carbons (Fsp3) is 0.259. The summed E-state index contributed by atoms with van der Waals surface area (Å²) in [7, 11) is 3.06. The molecule has 0 spiro atoms. The zero-order chi connectivity index (χ0) is 25.2. The summed E-state index contributed by atoms with van der Waals surface area (Å²) in [5, 5.41) is 2.91. The van der Waals surface area contributed by atoms with Crippen LogP contribution in [0.1, 0.15) is 28.4 Å². The number of carbonyl (C=O) groups is 2. The molecule has 2 aliphatic heterocycles. The zero-order valence-electron chi connectivity index (χ0n) is 20.2. The van der Waals surface area contributed by atoms with Gasteiger partial charge in [-0.15, -0.1) is 0 Å². The first-order valence-corrected chi connectivity index (χ1v) is 11.4. The van der Waals surface area contributed by atoms with Crippen LogP contribution in [0.2, 0.25) is 0 Å². The standard InChI is InChI=1S/C27H26N2O7/c1-16-27(31)29(13-17-4-6-24-25(8-17)35-15-34-24)14-19-9-20(5-7-23(19)36-16)28-26(30)18-10-21(32-2)12-22(11-18)33-3/h4-12,16H,13-15H2,1-3H3,(H,28,30)/t16-/m0/s1. The SMILES string of the molecule is COc1cc(OC)cc(C(=O)Nc2ccc3c(c2)CN(Cc2ccc4c(c2)OCO4)C(=O)[C@H](C)O3)c1. The second-order valence-electron chi connectivity index (χ2n) is 8.52. The van der Waals surface area contributed by atoms with Gasteiger partial charge in [0.15, 0.2) is 17.6 Å². The van der Waals surface area contributed by atoms with Crippen molar-refractivity contribution >= 4 is 17.5 Å². The average Bonchev–Trinajstić information content (AvgIpc) is 3.32. The number of carbonyl (C=O) groups excluding carboxylic acids is 2. The predicted molar refractivity (Wildman–Crippen MR) is 131 cm³/mol. The number of rotatable bonds is 6. The molecule has 0 aromatic heterocycles. The molecule has 1 N–H and O–H groups in total. The van der Waals surface area contributed by atoms with Gasteiger partial charge in [0, 0.05) is 36.0 Å². The molecule has 0 fully saturated rings. The number of ether oxygens (including phenoxy) is 5. The fourth-order valence-corrected chi connectivity index (χ4v) is 4.21. The summed E-state index contributed by atoms with van der Waals surface area (Å²) < 4.78 is 27.3. The van der Waals surface area contributed by atoms with E-state index in [2.05, 4.69) is 5.32 Å². The van der Waals surface area contributed by atoms with E-state index >= 15 is 0 Å². The second kappa shape index (κ2) is 9.69. The Kier molecular flexibility index (Phi) is 6.28. The highest BCUT2D eigenvalue weighted by molar-refractivity contribution is 6.05. The van der Waals surface area contributed by atoms with Crippen molar-refractivity contribution in [2.45, 2.75) is 26.1 Å². The van der Waals surface area contributed by atoms with Crippen LogP contribution in [0.5, 0.6) is 28.7 Å². The third-order valence-electron chi connectivity index (χ3n) is 6.07. The van der Waals surface area contributed by atoms with Crippen LogP contribution in [0.15, 0.2) is 54.6 Å². The minimum absolute atomic E-state index is 0.127. The Morgan fingerprint density at radius 1 is 0.972 bits per heavy atom. The molecule has 0 aliphatic carbocycles. The molecule has 36 heavy (non-hydrogen) atoms. The molecular weight excluding hydrogens is 464 g/mol. The fourth-order valence-electron chi connectivity index (χ4n) is 4.21. The molecule has 0 saturated carbocycles. The van der Waals surface area contributed by atoms with Crippen molar-refractivity contribution in [1.82, 2.24) is 4.90 Å². The van der Waals surface area contributed by atoms with Crippen molar-refractivity contribution in [3.05, 3.63) is 71.3 Å². The van der Waals surface area contributed by atoms with Crippen molar-refractivity contribution in [3.63, 3.8) is 0 Å². The first-order valence-electron chi connectivity index (χ1n) is 11.4. The maximum Gasteiger partial charge on any atom is 0.263 e. The zero-order valence-corrected chi connectivity index (χ0v) is 20.2. The Bertz CT molecular complexity index is 1300. The molecule has 2 heterocycles. The molecule has 0 radical (unpaired) electrons. The number of amides is 2. The highest BCUT2D eigenvalue weighted by atomic mass is 16.7. The van der Waals surface area contributed by atoms with Crippen molar-refractivity contribution in [1.29, 1.82) is 0 Å². The summed E-state index contributed by atoms with van der Waals surface area (Å²) in [5.74, 6) is 2.55. The molecule has 3 aromatic carbocycles. The number of nitrogens with zero attached hydrogens (tertiary/aromatic N) is 1. The van der Waals surface area contributed by atoms with Crippen LogP contribution < -0.4 is 29.0 Å². The van der Waals surface area contributed by atoms with Gasteiger partial charge in [0.25, 0.3) is 11.8 Å². The lowest BCUT2D eigenvalue weighted by Gasteiger charge is -2.22. The third-order valence-corrected chi connectivity index (χ3v) is 6.07. The molecule has 9 heteroatoms. The van der Waals surface area contributed by atoms with Crippen molar-refractivity contribution in [2.75, 3.05) is 26.3 Å². The van der Waals surface area contributed by atoms with Crippen LogP contribution in [-0.2, 0) is 17.9 Å². The van der Waals surface area contributed by atoms with E-state index in [9.17, 15) is 9.59 Å². The lowest BCUT2D eigenvalue weighted by molar-refractivity contribution is -0.138. The van der Waals surface area contributed by atoms with Gasteiger partial charge in [-0.3, -0.25) is 9.59 Å². The van der Waals surface area contributed by atoms with E-state index in [0.29, 0.717) is 53.1 Å². The number of anilines is 1. The van der Waals surface area contributed by atoms with Crippen molar-refractivity contribution in [3.8, 4) is 28.7 Å². The molecule has 3 aromatic rings. The lowest BCUT2D eigenvalue weighted by Crippen LogP contribution is -2.37. The second-order valence-corrected chi connectivity index (χ2v) is 8.52. The van der Waals surface area contributed by atoms with Crippen molar-refractivity contribution < 1.29 is 33.3 Å². The van der Waals surface area contributed by atoms with Gasteiger partial charge in [-0.05, 0) is 55.0 Å². The van der Waals surface area contributed by atoms with E-state index < -0.39 is 6.10 Å². The number of methoxy groups -OCH3 is 2. The van der Waals surface area contributed by atoms with Crippen LogP contribution in [0.25, 0.3) is 0 Å². The van der Waals surface area contributed by atoms with E-state index in [1.165, 1.54) is 14.2 Å². The Balaban J connectivity index is 1.37. The summed E-state index contributed by atoms with van der Waals surface area (Å²) in [6.45, 7) is 2.62. The maximum absolute atomic E-state index is 13.1. The molecule has 2 aliphatic rings. The van der Waals surface area contributed by atoms with E-state index in [-0.39, 0.29) is 18.6 Å². The normalized spacial score (nSPS) is 16.0. The lowest BCUT2D eigenvalue weighted by atomic mass is 10.1. The van der Waals surface area contributed by atoms with Crippen LogP contribution in [-0.4, -0.2) is 43.8 Å². The number of benzene rings is 3. The van der Waals surface area contributed by atoms with Crippen LogP contribution in [0.4, 0.5) is 5.69 Å². The van der Waals surface area contributed by atoms with Gasteiger partial charge in [0.1, 0.15) is 17.2 Å². The third kappa shape index (κ3) is 4.72. The van der Waals surface area contributed by atoms with E-state index in [1.807, 2.05) is 24.3 Å². The molecule has 0 bridgehead atoms. The van der Waals surface area contributed by atoms with E-state index in [0.717, 1.165) is 11.1 Å². The monoisotopic (exact) mass is 490 g/mol. The first-order chi connectivity index (χ1) is 17.4. The Labute approximate surface area is 208 Å². The maximum atomic E-state index is 13.1. The van der Waals surface area contributed by atoms with Gasteiger partial charge < -0.3 is 33.9 Å². The molecule has 0 unspecified atom stereocenters. The topological polar surface area (TPSA) is 95.6 Å². The van der Waals surface area contributed by atoms with Gasteiger partial charge >= 0.3 is 0 Å². The molecule has 5 rings (SSSR count). The molecule has 2 amide bonds. The van der Waals surface area contributed by atoms with Gasteiger partial charge in [0.2, 0.25) is 6.79 Å². The summed E-state index contributed by atoms with van der Waals surface area (Å²) in [6, 6.07) is 15.9. The molecule has 186 valence electrons. The largest absolute Gasteiger partial charge is 0.497 e. The minimum atomic E-state index is -0.648. The first kappa shape index (κ1) is 23.3. The van der Waals surface area contributed by atoms with E-state index in [4.69, 9.17) is 23.7 Å². The number of nitrogens with one attached hydrogen (secondary N) is 1. The van der Waals surface area contributed by atoms with Crippen LogP contribution in [0.3, 0.4) is 0 Å². The van der Waals surface area contributed by atoms with Gasteiger partial charge in [0.05, 0.1) is 14.2 Å². The Hall–Kier alpha value is -4.40. The average molecular weight is 491 g/mol. The summed E-state index contributed by atoms with van der Waals surface area (Å²) in [4.78, 5) is 27.7. The highest BCUT2D eigenvalue weighted by Gasteiger charge is 2.28. The summed E-state index contributed by atoms with van der Waals surface area (Å²) in [5.41, 5.74) is 2.67. The molecule has 1 atom stereocenters. The summed E-state index contributed by atoms with van der Waals surface area (Å²) in [6.07, 6.45) is -0.648. The smallest absolute Gasteiger partial charge is 0.263 e. The van der Waals surface area contributed by atoms with Gasteiger partial charge in [-0.25, -0.2) is 0 Å². The quantitative estimate of drug-likeness (QED) is 0.558. The van der Waals surface area contributed by atoms with E-state index in [1.54, 1.807) is 42.2 Å². The van der Waals surface area contributed by atoms with Crippen LogP contribution >= 0.6 is 0 Å². The predicted octanol–water partition coefficient (Wildman–Crippen LogP) is 3.99. The number of fused-ring (bicyclic) bond motifs is 2. The molecule has 9 nitrogen and oxygen atoms in total.